The molecule has 1 N–H and O–H groups in total. The van der Waals surface area contributed by atoms with Crippen molar-refractivity contribution in [3.05, 3.63) is 29.8 Å². The standard InChI is InChI=1S/C18H29NO2/c1-14-10-15(2)12-17(11-14)21-18-7-5-4-6-16(18)13-19-8-9-20-3/h4-7,14-15,17,19H,8-13H2,1-3H3. The third-order valence-electron chi connectivity index (χ3n) is 4.20. The maximum atomic E-state index is 6.31. The average Bonchev–Trinajstić information content (AvgIpc) is 2.44. The number of benzene rings is 1. The van der Waals surface area contributed by atoms with Crippen molar-refractivity contribution >= 4 is 0 Å². The molecule has 0 saturated heterocycles. The van der Waals surface area contributed by atoms with Gasteiger partial charge in [0, 0.05) is 25.8 Å². The lowest BCUT2D eigenvalue weighted by molar-refractivity contribution is 0.0999. The Labute approximate surface area is 129 Å². The number of ether oxygens (including phenoxy) is 2. The van der Waals surface area contributed by atoms with Gasteiger partial charge in [0.05, 0.1) is 12.7 Å². The van der Waals surface area contributed by atoms with Gasteiger partial charge in [-0.05, 0) is 37.2 Å². The molecule has 2 rings (SSSR count). The summed E-state index contributed by atoms with van der Waals surface area (Å²) >= 11 is 0. The lowest BCUT2D eigenvalue weighted by Gasteiger charge is -2.32. The first-order valence-electron chi connectivity index (χ1n) is 8.13. The van der Waals surface area contributed by atoms with E-state index >= 15 is 0 Å². The van der Waals surface area contributed by atoms with Gasteiger partial charge in [0.2, 0.25) is 0 Å². The molecule has 0 spiro atoms. The van der Waals surface area contributed by atoms with Gasteiger partial charge in [0.1, 0.15) is 5.75 Å². The zero-order valence-electron chi connectivity index (χ0n) is 13.6. The minimum atomic E-state index is 0.365. The highest BCUT2D eigenvalue weighted by Crippen LogP contribution is 2.32. The first-order valence-corrected chi connectivity index (χ1v) is 8.13. The van der Waals surface area contributed by atoms with Crippen molar-refractivity contribution in [2.45, 2.75) is 45.8 Å². The molecule has 0 heterocycles. The molecule has 1 aromatic rings. The molecule has 0 radical (unpaired) electrons. The Morgan fingerprint density at radius 2 is 1.81 bits per heavy atom. The van der Waals surface area contributed by atoms with Gasteiger partial charge in [-0.2, -0.15) is 0 Å². The SMILES string of the molecule is COCCNCc1ccccc1OC1CC(C)CC(C)C1. The van der Waals surface area contributed by atoms with Gasteiger partial charge in [-0.1, -0.05) is 32.0 Å². The van der Waals surface area contributed by atoms with Crippen LogP contribution in [-0.4, -0.2) is 26.4 Å². The molecule has 1 aromatic carbocycles. The van der Waals surface area contributed by atoms with Gasteiger partial charge in [-0.3, -0.25) is 0 Å². The monoisotopic (exact) mass is 291 g/mol. The van der Waals surface area contributed by atoms with Crippen molar-refractivity contribution < 1.29 is 9.47 Å². The molecule has 1 saturated carbocycles. The molecule has 0 bridgehead atoms. The summed E-state index contributed by atoms with van der Waals surface area (Å²) in [5.74, 6) is 2.57. The van der Waals surface area contributed by atoms with Crippen molar-refractivity contribution in [1.82, 2.24) is 5.32 Å². The molecule has 118 valence electrons. The van der Waals surface area contributed by atoms with E-state index in [4.69, 9.17) is 9.47 Å². The molecule has 3 nitrogen and oxygen atoms in total. The maximum absolute atomic E-state index is 6.31. The average molecular weight is 291 g/mol. The van der Waals surface area contributed by atoms with Crippen LogP contribution in [0.1, 0.15) is 38.7 Å². The summed E-state index contributed by atoms with van der Waals surface area (Å²) in [5, 5.41) is 3.39. The van der Waals surface area contributed by atoms with E-state index in [1.54, 1.807) is 7.11 Å². The smallest absolute Gasteiger partial charge is 0.124 e. The molecule has 1 fully saturated rings. The molecule has 1 aliphatic carbocycles. The summed E-state index contributed by atoms with van der Waals surface area (Å²) in [6.07, 6.45) is 4.05. The highest BCUT2D eigenvalue weighted by Gasteiger charge is 2.25. The summed E-state index contributed by atoms with van der Waals surface area (Å²) in [7, 11) is 1.73. The Morgan fingerprint density at radius 1 is 1.10 bits per heavy atom. The number of rotatable bonds is 7. The fraction of sp³-hybridized carbons (Fsp3) is 0.667. The number of hydrogen-bond acceptors (Lipinski definition) is 3. The molecule has 3 heteroatoms. The van der Waals surface area contributed by atoms with Crippen molar-refractivity contribution in [3.63, 3.8) is 0 Å². The first-order chi connectivity index (χ1) is 10.2. The number of nitrogens with one attached hydrogen (secondary N) is 1. The molecular weight excluding hydrogens is 262 g/mol. The van der Waals surface area contributed by atoms with Crippen LogP contribution in [0.4, 0.5) is 0 Å². The van der Waals surface area contributed by atoms with Crippen molar-refractivity contribution in [2.75, 3.05) is 20.3 Å². The van der Waals surface area contributed by atoms with Gasteiger partial charge in [0.25, 0.3) is 0 Å². The Hall–Kier alpha value is -1.06. The van der Waals surface area contributed by atoms with Crippen molar-refractivity contribution in [1.29, 1.82) is 0 Å². The van der Waals surface area contributed by atoms with E-state index in [0.717, 1.165) is 37.3 Å². The molecule has 2 atom stereocenters. The van der Waals surface area contributed by atoms with Gasteiger partial charge >= 0.3 is 0 Å². The summed E-state index contributed by atoms with van der Waals surface area (Å²) in [5.41, 5.74) is 1.24. The second-order valence-corrected chi connectivity index (χ2v) is 6.43. The fourth-order valence-electron chi connectivity index (χ4n) is 3.31. The van der Waals surface area contributed by atoms with E-state index in [2.05, 4.69) is 43.4 Å². The van der Waals surface area contributed by atoms with E-state index in [1.165, 1.54) is 24.8 Å². The Morgan fingerprint density at radius 3 is 2.52 bits per heavy atom. The number of para-hydroxylation sites is 1. The van der Waals surface area contributed by atoms with Crippen LogP contribution >= 0.6 is 0 Å². The van der Waals surface area contributed by atoms with Crippen LogP contribution in [0, 0.1) is 11.8 Å². The molecule has 0 amide bonds. The van der Waals surface area contributed by atoms with E-state index < -0.39 is 0 Å². The Kier molecular flexibility index (Phi) is 6.52. The van der Waals surface area contributed by atoms with Crippen LogP contribution in [0.5, 0.6) is 5.75 Å². The third-order valence-corrected chi connectivity index (χ3v) is 4.20. The van der Waals surface area contributed by atoms with Crippen LogP contribution in [0.3, 0.4) is 0 Å². The Balaban J connectivity index is 1.92. The minimum absolute atomic E-state index is 0.365. The maximum Gasteiger partial charge on any atom is 0.124 e. The van der Waals surface area contributed by atoms with Gasteiger partial charge in [-0.25, -0.2) is 0 Å². The number of hydrogen-bond donors (Lipinski definition) is 1. The van der Waals surface area contributed by atoms with E-state index in [9.17, 15) is 0 Å². The van der Waals surface area contributed by atoms with Crippen LogP contribution in [0.15, 0.2) is 24.3 Å². The summed E-state index contributed by atoms with van der Waals surface area (Å²) in [6.45, 7) is 7.11. The lowest BCUT2D eigenvalue weighted by atomic mass is 9.82. The molecular formula is C18H29NO2. The lowest BCUT2D eigenvalue weighted by Crippen LogP contribution is -2.29. The summed E-state index contributed by atoms with van der Waals surface area (Å²) < 4.78 is 11.4. The quantitative estimate of drug-likeness (QED) is 0.778. The first kappa shape index (κ1) is 16.3. The second kappa shape index (κ2) is 8.40. The Bertz CT molecular complexity index is 411. The molecule has 2 unspecified atom stereocenters. The molecule has 1 aliphatic rings. The topological polar surface area (TPSA) is 30.5 Å². The fourth-order valence-corrected chi connectivity index (χ4v) is 3.31. The van der Waals surface area contributed by atoms with Gasteiger partial charge in [-0.15, -0.1) is 0 Å². The van der Waals surface area contributed by atoms with Crippen LogP contribution in [-0.2, 0) is 11.3 Å². The number of methoxy groups -OCH3 is 1. The van der Waals surface area contributed by atoms with Crippen molar-refractivity contribution in [2.24, 2.45) is 11.8 Å². The predicted molar refractivity (Wildman–Crippen MR) is 86.6 cm³/mol. The zero-order chi connectivity index (χ0) is 15.1. The van der Waals surface area contributed by atoms with Gasteiger partial charge in [0.15, 0.2) is 0 Å². The minimum Gasteiger partial charge on any atom is -0.490 e. The zero-order valence-corrected chi connectivity index (χ0v) is 13.6. The largest absolute Gasteiger partial charge is 0.490 e. The van der Waals surface area contributed by atoms with Crippen LogP contribution in [0.25, 0.3) is 0 Å². The van der Waals surface area contributed by atoms with Crippen molar-refractivity contribution in [3.8, 4) is 5.75 Å². The third kappa shape index (κ3) is 5.33. The highest BCUT2D eigenvalue weighted by atomic mass is 16.5. The normalized spacial score (nSPS) is 25.8. The van der Waals surface area contributed by atoms with Crippen LogP contribution in [0.2, 0.25) is 0 Å². The molecule has 21 heavy (non-hydrogen) atoms. The van der Waals surface area contributed by atoms with Crippen LogP contribution < -0.4 is 10.1 Å². The highest BCUT2D eigenvalue weighted by molar-refractivity contribution is 5.33. The van der Waals surface area contributed by atoms with Gasteiger partial charge < -0.3 is 14.8 Å². The predicted octanol–water partition coefficient (Wildman–Crippen LogP) is 3.63. The molecule has 0 aliphatic heterocycles. The van der Waals surface area contributed by atoms with E-state index in [-0.39, 0.29) is 0 Å². The van der Waals surface area contributed by atoms with E-state index in [0.29, 0.717) is 6.10 Å². The molecule has 0 aromatic heterocycles. The summed E-state index contributed by atoms with van der Waals surface area (Å²) in [6, 6.07) is 8.37. The summed E-state index contributed by atoms with van der Waals surface area (Å²) in [4.78, 5) is 0. The second-order valence-electron chi connectivity index (χ2n) is 6.43. The van der Waals surface area contributed by atoms with E-state index in [1.807, 2.05) is 0 Å².